The average molecular weight is 399 g/mol. The fourth-order valence-corrected chi connectivity index (χ4v) is 2.74. The maximum Gasteiger partial charge on any atom is 0.274 e. The molecule has 0 saturated heterocycles. The molecule has 0 spiro atoms. The molecule has 3 rings (SSSR count). The van der Waals surface area contributed by atoms with Crippen LogP contribution in [-0.2, 0) is 0 Å². The molecular weight excluding hydrogens is 380 g/mol. The summed E-state index contributed by atoms with van der Waals surface area (Å²) in [6, 6.07) is 13.8. The average Bonchev–Trinajstić information content (AvgIpc) is 2.68. The van der Waals surface area contributed by atoms with E-state index in [2.05, 4.69) is 20.6 Å². The molecule has 28 heavy (non-hydrogen) atoms. The van der Waals surface area contributed by atoms with E-state index in [9.17, 15) is 4.79 Å². The van der Waals surface area contributed by atoms with Crippen LogP contribution in [0.25, 0.3) is 0 Å². The number of nitrogens with zero attached hydrogens (tertiary/aromatic N) is 2. The first kappa shape index (κ1) is 19.4. The monoisotopic (exact) mass is 398 g/mol. The van der Waals surface area contributed by atoms with E-state index in [4.69, 9.17) is 21.1 Å². The van der Waals surface area contributed by atoms with Crippen LogP contribution >= 0.6 is 11.6 Å². The number of ether oxygens (including phenoxy) is 2. The minimum atomic E-state index is -0.363. The summed E-state index contributed by atoms with van der Waals surface area (Å²) in [5.41, 5.74) is 1.49. The molecule has 1 aromatic heterocycles. The van der Waals surface area contributed by atoms with Crippen molar-refractivity contribution >= 4 is 34.7 Å². The maximum atomic E-state index is 12.6. The number of hydrogen-bond donors (Lipinski definition) is 2. The lowest BCUT2D eigenvalue weighted by molar-refractivity contribution is 0.102. The number of nitrogens with one attached hydrogen (secondary N) is 2. The molecule has 1 heterocycles. The summed E-state index contributed by atoms with van der Waals surface area (Å²) < 4.78 is 10.6. The predicted molar refractivity (Wildman–Crippen MR) is 109 cm³/mol. The van der Waals surface area contributed by atoms with Crippen molar-refractivity contribution in [1.29, 1.82) is 0 Å². The molecule has 0 fully saturated rings. The Morgan fingerprint density at radius 3 is 2.57 bits per heavy atom. The Balaban J connectivity index is 1.84. The van der Waals surface area contributed by atoms with Crippen LogP contribution in [0, 0.1) is 6.92 Å². The van der Waals surface area contributed by atoms with E-state index in [0.717, 1.165) is 0 Å². The highest BCUT2D eigenvalue weighted by Crippen LogP contribution is 2.31. The molecule has 7 nitrogen and oxygen atoms in total. The smallest absolute Gasteiger partial charge is 0.274 e. The third kappa shape index (κ3) is 4.69. The van der Waals surface area contributed by atoms with Crippen molar-refractivity contribution in [3.8, 4) is 11.5 Å². The number of aromatic nitrogens is 2. The summed E-state index contributed by atoms with van der Waals surface area (Å²) in [7, 11) is 3.15. The molecule has 3 aromatic rings. The minimum Gasteiger partial charge on any atom is -0.497 e. The number of aryl methyl sites for hydroxylation is 1. The molecule has 0 unspecified atom stereocenters. The van der Waals surface area contributed by atoms with E-state index in [1.54, 1.807) is 69.7 Å². The Kier molecular flexibility index (Phi) is 5.96. The van der Waals surface area contributed by atoms with Gasteiger partial charge in [0, 0.05) is 22.8 Å². The third-order valence-electron chi connectivity index (χ3n) is 3.82. The van der Waals surface area contributed by atoms with Crippen LogP contribution in [0.15, 0.2) is 48.5 Å². The number of anilines is 3. The number of carbonyl (C=O) groups excluding carboxylic acids is 1. The summed E-state index contributed by atoms with van der Waals surface area (Å²) in [6.07, 6.45) is 0. The first-order chi connectivity index (χ1) is 13.5. The van der Waals surface area contributed by atoms with Crippen molar-refractivity contribution in [2.24, 2.45) is 0 Å². The van der Waals surface area contributed by atoms with E-state index < -0.39 is 0 Å². The molecule has 8 heteroatoms. The van der Waals surface area contributed by atoms with Gasteiger partial charge >= 0.3 is 0 Å². The first-order valence-corrected chi connectivity index (χ1v) is 8.78. The number of methoxy groups -OCH3 is 2. The molecule has 0 radical (unpaired) electrons. The van der Waals surface area contributed by atoms with Crippen molar-refractivity contribution in [2.75, 3.05) is 24.9 Å². The summed E-state index contributed by atoms with van der Waals surface area (Å²) in [4.78, 5) is 21.1. The molecule has 2 N–H and O–H groups in total. The van der Waals surface area contributed by atoms with E-state index in [0.29, 0.717) is 39.5 Å². The number of amides is 1. The van der Waals surface area contributed by atoms with Crippen molar-refractivity contribution in [1.82, 2.24) is 9.97 Å². The zero-order valence-electron chi connectivity index (χ0n) is 15.6. The number of halogens is 1. The van der Waals surface area contributed by atoms with E-state index in [1.165, 1.54) is 0 Å². The van der Waals surface area contributed by atoms with Gasteiger partial charge in [0.1, 0.15) is 28.8 Å². The van der Waals surface area contributed by atoms with Crippen LogP contribution in [0.4, 0.5) is 17.2 Å². The van der Waals surface area contributed by atoms with Crippen LogP contribution in [0.1, 0.15) is 16.3 Å². The summed E-state index contributed by atoms with van der Waals surface area (Å²) in [5, 5.41) is 6.46. The van der Waals surface area contributed by atoms with Crippen molar-refractivity contribution in [2.45, 2.75) is 6.92 Å². The maximum absolute atomic E-state index is 12.6. The third-order valence-corrected chi connectivity index (χ3v) is 4.06. The molecule has 144 valence electrons. The lowest BCUT2D eigenvalue weighted by Gasteiger charge is -2.13. The van der Waals surface area contributed by atoms with Crippen LogP contribution in [0.2, 0.25) is 5.02 Å². The Morgan fingerprint density at radius 2 is 1.86 bits per heavy atom. The molecule has 1 amide bonds. The number of carbonyl (C=O) groups is 1. The van der Waals surface area contributed by atoms with Gasteiger partial charge in [-0.15, -0.1) is 0 Å². The molecule has 2 aromatic carbocycles. The van der Waals surface area contributed by atoms with Crippen molar-refractivity contribution < 1.29 is 14.3 Å². The second-order valence-electron chi connectivity index (χ2n) is 5.84. The second kappa shape index (κ2) is 8.58. The topological polar surface area (TPSA) is 85.4 Å². The molecule has 0 aliphatic carbocycles. The van der Waals surface area contributed by atoms with Gasteiger partial charge in [-0.2, -0.15) is 0 Å². The van der Waals surface area contributed by atoms with Gasteiger partial charge < -0.3 is 20.1 Å². The van der Waals surface area contributed by atoms with E-state index >= 15 is 0 Å². The number of rotatable bonds is 6. The first-order valence-electron chi connectivity index (χ1n) is 8.40. The fourth-order valence-electron chi connectivity index (χ4n) is 2.55. The molecule has 0 aliphatic rings. The Morgan fingerprint density at radius 1 is 1.04 bits per heavy atom. The lowest BCUT2D eigenvalue weighted by atomic mass is 10.2. The van der Waals surface area contributed by atoms with Gasteiger partial charge in [0.2, 0.25) is 0 Å². The SMILES string of the molecule is COc1ccc(Nc2cc(C(=O)Nc3cccc(Cl)c3)nc(C)n2)c(OC)c1. The molecular formula is C20H19ClN4O3. The van der Waals surface area contributed by atoms with Gasteiger partial charge in [0.05, 0.1) is 19.9 Å². The largest absolute Gasteiger partial charge is 0.497 e. The van der Waals surface area contributed by atoms with E-state index in [1.807, 2.05) is 0 Å². The zero-order chi connectivity index (χ0) is 20.1. The standard InChI is InChI=1S/C20H19ClN4O3/c1-12-22-17(20(26)24-14-6-4-5-13(21)9-14)11-19(23-12)25-16-8-7-15(27-2)10-18(16)28-3/h4-11H,1-3H3,(H,24,26)(H,22,23,25). The second-order valence-corrected chi connectivity index (χ2v) is 6.28. The lowest BCUT2D eigenvalue weighted by Crippen LogP contribution is -2.15. The predicted octanol–water partition coefficient (Wildman–Crippen LogP) is 4.45. The highest BCUT2D eigenvalue weighted by atomic mass is 35.5. The number of hydrogen-bond acceptors (Lipinski definition) is 6. The highest BCUT2D eigenvalue weighted by molar-refractivity contribution is 6.30. The molecule has 0 saturated carbocycles. The van der Waals surface area contributed by atoms with Crippen LogP contribution in [0.3, 0.4) is 0 Å². The van der Waals surface area contributed by atoms with Gasteiger partial charge in [-0.3, -0.25) is 4.79 Å². The van der Waals surface area contributed by atoms with Crippen LogP contribution in [-0.4, -0.2) is 30.1 Å². The summed E-state index contributed by atoms with van der Waals surface area (Å²) in [5.74, 6) is 1.81. The fraction of sp³-hybridized carbons (Fsp3) is 0.150. The van der Waals surface area contributed by atoms with Gasteiger partial charge in [-0.05, 0) is 37.3 Å². The van der Waals surface area contributed by atoms with Crippen LogP contribution in [0.5, 0.6) is 11.5 Å². The molecule has 0 bridgehead atoms. The Bertz CT molecular complexity index is 1010. The van der Waals surface area contributed by atoms with Crippen LogP contribution < -0.4 is 20.1 Å². The Labute approximate surface area is 167 Å². The van der Waals surface area contributed by atoms with Gasteiger partial charge in [0.25, 0.3) is 5.91 Å². The van der Waals surface area contributed by atoms with Crippen molar-refractivity contribution in [3.05, 3.63) is 65.1 Å². The zero-order valence-corrected chi connectivity index (χ0v) is 16.4. The summed E-state index contributed by atoms with van der Waals surface area (Å²) >= 11 is 5.96. The van der Waals surface area contributed by atoms with Gasteiger partial charge in [-0.1, -0.05) is 17.7 Å². The van der Waals surface area contributed by atoms with Gasteiger partial charge in [0.15, 0.2) is 0 Å². The minimum absolute atomic E-state index is 0.224. The quantitative estimate of drug-likeness (QED) is 0.638. The number of benzene rings is 2. The molecule has 0 aliphatic heterocycles. The summed E-state index contributed by atoms with van der Waals surface area (Å²) in [6.45, 7) is 1.71. The van der Waals surface area contributed by atoms with Gasteiger partial charge in [-0.25, -0.2) is 9.97 Å². The molecule has 0 atom stereocenters. The normalized spacial score (nSPS) is 10.3. The van der Waals surface area contributed by atoms with Crippen molar-refractivity contribution in [3.63, 3.8) is 0 Å². The Hall–Kier alpha value is -3.32. The van der Waals surface area contributed by atoms with E-state index in [-0.39, 0.29) is 11.6 Å². The highest BCUT2D eigenvalue weighted by Gasteiger charge is 2.13.